The lowest BCUT2D eigenvalue weighted by Gasteiger charge is -2.47. The van der Waals surface area contributed by atoms with Gasteiger partial charge in [-0.15, -0.1) is 0 Å². The number of aliphatic hydroxyl groups excluding tert-OH is 9. The van der Waals surface area contributed by atoms with Crippen LogP contribution in [0.3, 0.4) is 0 Å². The van der Waals surface area contributed by atoms with Gasteiger partial charge in [0.2, 0.25) is 5.91 Å². The van der Waals surface area contributed by atoms with Crippen molar-refractivity contribution in [2.45, 2.75) is 144 Å². The first kappa shape index (κ1) is 43.5. The lowest BCUT2D eigenvalue weighted by molar-refractivity contribution is -0.363. The Morgan fingerprint density at radius 1 is 0.673 bits per heavy atom. The topological polar surface area (TPSA) is 267 Å². The Kier molecular flexibility index (Phi) is 17.8. The van der Waals surface area contributed by atoms with E-state index in [4.69, 9.17) is 28.4 Å². The molecule has 1 aromatic carbocycles. The van der Waals surface area contributed by atoms with Crippen molar-refractivity contribution in [2.75, 3.05) is 26.4 Å². The number of carbonyl (C=O) groups is 1. The van der Waals surface area contributed by atoms with Crippen LogP contribution in [0.5, 0.6) is 0 Å². The number of aliphatic hydroxyl groups is 9. The van der Waals surface area contributed by atoms with Crippen LogP contribution in [-0.2, 0) is 39.6 Å². The average molecular weight is 858 g/mol. The van der Waals surface area contributed by atoms with Crippen molar-refractivity contribution in [3.05, 3.63) is 33.4 Å². The Bertz CT molecular complexity index is 1200. The fraction of sp³-hybridized carbons (Fsp3) is 0.794. The minimum Gasteiger partial charge on any atom is -0.394 e. The van der Waals surface area contributed by atoms with Gasteiger partial charge in [-0.3, -0.25) is 4.79 Å². The molecule has 0 saturated carbocycles. The SMILES string of the molecule is CC(=O)N[C@H]1[C@H](O[C@@H]2[C@@H](OC[C@H]3O[C@@H](OCCCCCCCCc4ccc([125I])cc4)[C@H](O)[C@@H](O)[C@@H]3O)O[C@H](CO)[C@@H](O)[C@@H]2O)O[C@H](CO)[C@@H](O)[C@@H]1O. The van der Waals surface area contributed by atoms with Crippen LogP contribution in [0.25, 0.3) is 0 Å². The Hall–Kier alpha value is -1.18. The van der Waals surface area contributed by atoms with Crippen LogP contribution in [0.15, 0.2) is 24.3 Å². The van der Waals surface area contributed by atoms with E-state index >= 15 is 0 Å². The highest BCUT2D eigenvalue weighted by Gasteiger charge is 2.52. The zero-order valence-corrected chi connectivity index (χ0v) is 31.2. The minimum atomic E-state index is -1.80. The monoisotopic (exact) mass is 857 g/mol. The number of amides is 1. The van der Waals surface area contributed by atoms with E-state index in [0.29, 0.717) is 6.42 Å². The largest absolute Gasteiger partial charge is 0.394 e. The molecule has 18 heteroatoms. The van der Waals surface area contributed by atoms with Crippen LogP contribution in [0.4, 0.5) is 0 Å². The van der Waals surface area contributed by atoms with E-state index in [2.05, 4.69) is 52.2 Å². The van der Waals surface area contributed by atoms with Gasteiger partial charge in [-0.05, 0) is 59.5 Å². The van der Waals surface area contributed by atoms with Crippen molar-refractivity contribution in [3.63, 3.8) is 0 Å². The predicted molar refractivity (Wildman–Crippen MR) is 187 cm³/mol. The molecule has 0 bridgehead atoms. The number of nitrogens with one attached hydrogen (secondary N) is 1. The average Bonchev–Trinajstić information content (AvgIpc) is 3.12. The number of ether oxygens (including phenoxy) is 6. The maximum absolute atomic E-state index is 11.9. The Labute approximate surface area is 315 Å². The molecule has 4 rings (SSSR count). The van der Waals surface area contributed by atoms with Gasteiger partial charge in [-0.25, -0.2) is 0 Å². The van der Waals surface area contributed by atoms with E-state index in [1.165, 1.54) is 9.13 Å². The summed E-state index contributed by atoms with van der Waals surface area (Å²) in [4.78, 5) is 11.9. The van der Waals surface area contributed by atoms with Crippen LogP contribution in [0, 0.1) is 3.57 Å². The fourth-order valence-electron chi connectivity index (χ4n) is 6.45. The van der Waals surface area contributed by atoms with Gasteiger partial charge in [0, 0.05) is 17.1 Å². The lowest BCUT2D eigenvalue weighted by Crippen LogP contribution is -2.67. The molecule has 10 N–H and O–H groups in total. The first-order valence-electron chi connectivity index (χ1n) is 17.7. The molecule has 1 amide bonds. The zero-order chi connectivity index (χ0) is 37.9. The maximum atomic E-state index is 11.9. The molecule has 0 unspecified atom stereocenters. The molecule has 0 aliphatic carbocycles. The highest BCUT2D eigenvalue weighted by atomic mass is 125. The predicted octanol–water partition coefficient (Wildman–Crippen LogP) is -2.22. The summed E-state index contributed by atoms with van der Waals surface area (Å²) in [5.41, 5.74) is 1.33. The molecule has 3 aliphatic heterocycles. The van der Waals surface area contributed by atoms with Gasteiger partial charge in [-0.2, -0.15) is 0 Å². The standard InChI is InChI=1S/C34H54INO16/c1-17(39)36-23-27(43)24(40)20(14-37)49-32(23)52-31-29(45)25(41)21(15-38)50-34(31)48-16-22-26(42)28(44)30(46)33(51-22)47-13-7-5-3-2-4-6-8-18-9-11-19(35)12-10-18/h9-12,20-34,37-38,40-46H,2-8,13-16H2,1H3,(H,36,39)/t20-,21-,22-,23-,24-,25-,26-,27-,28+,29+,30-,31+,32+,33-,34+/m1/s1/i35-2. The van der Waals surface area contributed by atoms with Crippen molar-refractivity contribution in [3.8, 4) is 0 Å². The normalized spacial score (nSPS) is 38.2. The van der Waals surface area contributed by atoms with Crippen molar-refractivity contribution < 1.29 is 79.2 Å². The molecule has 52 heavy (non-hydrogen) atoms. The molecule has 17 nitrogen and oxygen atoms in total. The first-order valence-corrected chi connectivity index (χ1v) is 18.8. The Morgan fingerprint density at radius 2 is 1.23 bits per heavy atom. The van der Waals surface area contributed by atoms with E-state index in [9.17, 15) is 50.8 Å². The summed E-state index contributed by atoms with van der Waals surface area (Å²) in [5.74, 6) is -0.630. The summed E-state index contributed by atoms with van der Waals surface area (Å²) < 4.78 is 35.6. The second-order valence-electron chi connectivity index (χ2n) is 13.5. The highest BCUT2D eigenvalue weighted by molar-refractivity contribution is 14.1. The number of hydrogen-bond acceptors (Lipinski definition) is 16. The number of benzene rings is 1. The summed E-state index contributed by atoms with van der Waals surface area (Å²) in [6, 6.07) is 7.11. The smallest absolute Gasteiger partial charge is 0.217 e. The Morgan fingerprint density at radius 3 is 1.87 bits per heavy atom. The van der Waals surface area contributed by atoms with Gasteiger partial charge >= 0.3 is 0 Å². The number of halogens is 1. The van der Waals surface area contributed by atoms with E-state index < -0.39 is 118 Å². The Balaban J connectivity index is 1.30. The van der Waals surface area contributed by atoms with Gasteiger partial charge in [0.15, 0.2) is 18.9 Å². The molecule has 3 fully saturated rings. The van der Waals surface area contributed by atoms with Crippen LogP contribution in [0.1, 0.15) is 51.0 Å². The number of unbranched alkanes of at least 4 members (excludes halogenated alkanes) is 5. The molecule has 298 valence electrons. The zero-order valence-electron chi connectivity index (χ0n) is 29.0. The van der Waals surface area contributed by atoms with E-state index in [1.54, 1.807) is 0 Å². The van der Waals surface area contributed by atoms with E-state index in [-0.39, 0.29) is 6.61 Å². The summed E-state index contributed by atoms with van der Waals surface area (Å²) in [6.45, 7) is -0.654. The molecule has 3 aliphatic rings. The van der Waals surface area contributed by atoms with Gasteiger partial charge < -0.3 is 79.7 Å². The second kappa shape index (κ2) is 21.2. The molecule has 15 atom stereocenters. The molecular formula is C34H54INO16. The summed E-state index contributed by atoms with van der Waals surface area (Å²) in [5, 5.41) is 96.2. The van der Waals surface area contributed by atoms with E-state index in [1.807, 2.05) is 0 Å². The van der Waals surface area contributed by atoms with Crippen molar-refractivity contribution in [2.24, 2.45) is 0 Å². The number of rotatable bonds is 18. The minimum absolute atomic E-state index is 0.219. The van der Waals surface area contributed by atoms with Gasteiger partial charge in [0.05, 0.1) is 19.8 Å². The first-order chi connectivity index (χ1) is 24.9. The molecule has 3 saturated heterocycles. The van der Waals surface area contributed by atoms with Gasteiger partial charge in [-0.1, -0.05) is 37.8 Å². The maximum Gasteiger partial charge on any atom is 0.217 e. The quantitative estimate of drug-likeness (QED) is 0.0554. The highest BCUT2D eigenvalue weighted by Crippen LogP contribution is 2.31. The van der Waals surface area contributed by atoms with Crippen LogP contribution < -0.4 is 5.32 Å². The van der Waals surface area contributed by atoms with Gasteiger partial charge in [0.1, 0.15) is 73.2 Å². The van der Waals surface area contributed by atoms with Gasteiger partial charge in [0.25, 0.3) is 0 Å². The molecule has 3 heterocycles. The third-order valence-electron chi connectivity index (χ3n) is 9.51. The van der Waals surface area contributed by atoms with Crippen LogP contribution in [-0.4, -0.2) is 170 Å². The third-order valence-corrected chi connectivity index (χ3v) is 10.2. The second-order valence-corrected chi connectivity index (χ2v) is 14.7. The number of carbonyl (C=O) groups excluding carboxylic acids is 1. The summed E-state index contributed by atoms with van der Waals surface area (Å²) in [7, 11) is 0. The van der Waals surface area contributed by atoms with Crippen molar-refractivity contribution in [1.82, 2.24) is 5.32 Å². The molecule has 0 radical (unpaired) electrons. The number of hydrogen-bond donors (Lipinski definition) is 10. The fourth-order valence-corrected chi connectivity index (χ4v) is 6.81. The molecular weight excluding hydrogens is 803 g/mol. The molecule has 1 aromatic rings. The van der Waals surface area contributed by atoms with E-state index in [0.717, 1.165) is 45.4 Å². The third kappa shape index (κ3) is 11.7. The van der Waals surface area contributed by atoms with Crippen molar-refractivity contribution in [1.29, 1.82) is 0 Å². The van der Waals surface area contributed by atoms with Crippen molar-refractivity contribution >= 4 is 28.5 Å². The van der Waals surface area contributed by atoms with Crippen LogP contribution >= 0.6 is 22.6 Å². The van der Waals surface area contributed by atoms with Crippen LogP contribution in [0.2, 0.25) is 0 Å². The molecule has 0 spiro atoms. The summed E-state index contributed by atoms with van der Waals surface area (Å²) in [6.07, 6.45) is -15.0. The summed E-state index contributed by atoms with van der Waals surface area (Å²) >= 11 is 2.29. The number of aryl methyl sites for hydroxylation is 1. The lowest BCUT2D eigenvalue weighted by atomic mass is 9.95. The molecule has 0 aromatic heterocycles.